The maximum atomic E-state index is 5.56. The van der Waals surface area contributed by atoms with Gasteiger partial charge in [-0.15, -0.1) is 0 Å². The normalized spacial score (nSPS) is 17.7. The molecule has 0 aromatic rings. The van der Waals surface area contributed by atoms with Crippen LogP contribution in [0.4, 0.5) is 0 Å². The summed E-state index contributed by atoms with van der Waals surface area (Å²) in [6.07, 6.45) is 2.34. The van der Waals surface area contributed by atoms with Crippen LogP contribution in [0.3, 0.4) is 0 Å². The highest BCUT2D eigenvalue weighted by molar-refractivity contribution is 5.93. The summed E-state index contributed by atoms with van der Waals surface area (Å²) in [5, 5.41) is 0. The zero-order valence-electron chi connectivity index (χ0n) is 8.40. The van der Waals surface area contributed by atoms with Crippen molar-refractivity contribution in [2.24, 2.45) is 21.5 Å². The van der Waals surface area contributed by atoms with E-state index in [2.05, 4.69) is 9.98 Å². The van der Waals surface area contributed by atoms with Crippen LogP contribution in [0.2, 0.25) is 0 Å². The zero-order valence-corrected chi connectivity index (χ0v) is 8.40. The summed E-state index contributed by atoms with van der Waals surface area (Å²) in [6, 6.07) is 0. The van der Waals surface area contributed by atoms with E-state index >= 15 is 0 Å². The number of rotatable bonds is 1. The second kappa shape index (κ2) is 4.50. The van der Waals surface area contributed by atoms with Crippen molar-refractivity contribution in [3.63, 3.8) is 0 Å². The average Bonchev–Trinajstić information content (AvgIpc) is 2.56. The van der Waals surface area contributed by atoms with Gasteiger partial charge in [-0.2, -0.15) is 4.99 Å². The van der Waals surface area contributed by atoms with E-state index < -0.39 is 0 Å². The first-order valence-electron chi connectivity index (χ1n) is 4.26. The van der Waals surface area contributed by atoms with Crippen LogP contribution in [0.25, 0.3) is 0 Å². The lowest BCUT2D eigenvalue weighted by Gasteiger charge is -2.09. The van der Waals surface area contributed by atoms with Crippen molar-refractivity contribution in [1.82, 2.24) is 4.90 Å². The molecule has 0 fully saturated rings. The predicted octanol–water partition coefficient (Wildman–Crippen LogP) is -0.561. The molecule has 1 aliphatic rings. The van der Waals surface area contributed by atoms with E-state index in [0.717, 1.165) is 12.1 Å². The lowest BCUT2D eigenvalue weighted by atomic mass is 10.4. The van der Waals surface area contributed by atoms with Gasteiger partial charge >= 0.3 is 0 Å². The van der Waals surface area contributed by atoms with Gasteiger partial charge in [0.05, 0.1) is 12.3 Å². The Hall–Kier alpha value is -1.72. The molecule has 0 amide bonds. The van der Waals surface area contributed by atoms with Crippen LogP contribution in [-0.2, 0) is 4.74 Å². The first-order chi connectivity index (χ1) is 6.59. The van der Waals surface area contributed by atoms with Crippen LogP contribution in [0.5, 0.6) is 0 Å². The Morgan fingerprint density at radius 1 is 1.50 bits per heavy atom. The Bertz CT molecular complexity index is 292. The van der Waals surface area contributed by atoms with Gasteiger partial charge in [0.25, 0.3) is 0 Å². The molecule has 0 aromatic carbocycles. The molecular formula is C8H15N5O. The van der Waals surface area contributed by atoms with Crippen molar-refractivity contribution >= 4 is 11.9 Å². The Balaban J connectivity index is 2.64. The zero-order chi connectivity index (χ0) is 10.6. The Morgan fingerprint density at radius 3 is 2.71 bits per heavy atom. The third-order valence-electron chi connectivity index (χ3n) is 1.64. The van der Waals surface area contributed by atoms with E-state index in [1.165, 1.54) is 0 Å². The fraction of sp³-hybridized carbons (Fsp3) is 0.500. The molecule has 0 unspecified atom stereocenters. The van der Waals surface area contributed by atoms with Crippen LogP contribution >= 0.6 is 0 Å². The number of aliphatic imine (C=N–C) groups is 2. The molecule has 1 heterocycles. The average molecular weight is 197 g/mol. The van der Waals surface area contributed by atoms with E-state index in [4.69, 9.17) is 16.2 Å². The largest absolute Gasteiger partial charge is 0.499 e. The van der Waals surface area contributed by atoms with Gasteiger partial charge in [-0.25, -0.2) is 4.99 Å². The van der Waals surface area contributed by atoms with Gasteiger partial charge in [0.2, 0.25) is 5.96 Å². The summed E-state index contributed by atoms with van der Waals surface area (Å²) >= 11 is 0. The third kappa shape index (κ3) is 2.96. The predicted molar refractivity (Wildman–Crippen MR) is 55.6 cm³/mol. The molecule has 6 nitrogen and oxygen atoms in total. The molecule has 1 aliphatic heterocycles. The van der Waals surface area contributed by atoms with Gasteiger partial charge in [-0.1, -0.05) is 0 Å². The number of nitrogens with two attached hydrogens (primary N) is 2. The summed E-state index contributed by atoms with van der Waals surface area (Å²) in [6.45, 7) is 0.652. The fourth-order valence-electron chi connectivity index (χ4n) is 0.849. The molecular weight excluding hydrogens is 182 g/mol. The van der Waals surface area contributed by atoms with Gasteiger partial charge in [-0.3, -0.25) is 0 Å². The van der Waals surface area contributed by atoms with Gasteiger partial charge in [0, 0.05) is 20.5 Å². The summed E-state index contributed by atoms with van der Waals surface area (Å²) in [4.78, 5) is 9.58. The minimum absolute atomic E-state index is 0.146. The molecule has 6 heteroatoms. The SMILES string of the molecule is CN(C)C(N)=NC(N)=NC1=COCC1. The van der Waals surface area contributed by atoms with Crippen molar-refractivity contribution in [2.45, 2.75) is 6.42 Å². The highest BCUT2D eigenvalue weighted by Crippen LogP contribution is 2.10. The molecule has 0 aromatic heterocycles. The lowest BCUT2D eigenvalue weighted by molar-refractivity contribution is 0.281. The van der Waals surface area contributed by atoms with Crippen LogP contribution in [0, 0.1) is 0 Å². The van der Waals surface area contributed by atoms with E-state index in [1.54, 1.807) is 25.3 Å². The molecule has 0 bridgehead atoms. The van der Waals surface area contributed by atoms with Gasteiger partial charge in [-0.05, 0) is 0 Å². The molecule has 0 atom stereocenters. The van der Waals surface area contributed by atoms with E-state index in [0.29, 0.717) is 12.6 Å². The summed E-state index contributed by atoms with van der Waals surface area (Å²) in [7, 11) is 3.56. The number of nitrogens with zero attached hydrogens (tertiary/aromatic N) is 3. The summed E-state index contributed by atoms with van der Waals surface area (Å²) in [5.74, 6) is 0.471. The van der Waals surface area contributed by atoms with E-state index in [1.807, 2.05) is 0 Å². The molecule has 0 aliphatic carbocycles. The topological polar surface area (TPSA) is 89.2 Å². The fourth-order valence-corrected chi connectivity index (χ4v) is 0.849. The molecule has 14 heavy (non-hydrogen) atoms. The van der Waals surface area contributed by atoms with Crippen molar-refractivity contribution in [2.75, 3.05) is 20.7 Å². The molecule has 0 saturated heterocycles. The minimum atomic E-state index is 0.146. The molecule has 4 N–H and O–H groups in total. The Morgan fingerprint density at radius 2 is 2.21 bits per heavy atom. The smallest absolute Gasteiger partial charge is 0.223 e. The molecule has 0 spiro atoms. The van der Waals surface area contributed by atoms with Crippen LogP contribution in [-0.4, -0.2) is 37.5 Å². The second-order valence-corrected chi connectivity index (χ2v) is 3.06. The van der Waals surface area contributed by atoms with Crippen LogP contribution in [0.15, 0.2) is 21.9 Å². The monoisotopic (exact) mass is 197 g/mol. The maximum Gasteiger partial charge on any atom is 0.223 e. The molecule has 1 rings (SSSR count). The van der Waals surface area contributed by atoms with E-state index in [-0.39, 0.29) is 5.96 Å². The minimum Gasteiger partial charge on any atom is -0.499 e. The lowest BCUT2D eigenvalue weighted by Crippen LogP contribution is -2.32. The molecule has 78 valence electrons. The number of hydrogen-bond donors (Lipinski definition) is 2. The quantitative estimate of drug-likeness (QED) is 0.435. The van der Waals surface area contributed by atoms with Gasteiger partial charge in [0.1, 0.15) is 6.26 Å². The number of guanidine groups is 2. The highest BCUT2D eigenvalue weighted by Gasteiger charge is 2.04. The second-order valence-electron chi connectivity index (χ2n) is 3.06. The van der Waals surface area contributed by atoms with Crippen LogP contribution in [0.1, 0.15) is 6.42 Å². The third-order valence-corrected chi connectivity index (χ3v) is 1.64. The number of ether oxygens (including phenoxy) is 1. The molecule has 0 saturated carbocycles. The van der Waals surface area contributed by atoms with Crippen molar-refractivity contribution < 1.29 is 4.74 Å². The number of hydrogen-bond acceptors (Lipinski definition) is 2. The summed E-state index contributed by atoms with van der Waals surface area (Å²) < 4.78 is 5.00. The first-order valence-corrected chi connectivity index (χ1v) is 4.26. The highest BCUT2D eigenvalue weighted by atomic mass is 16.5. The Kier molecular flexibility index (Phi) is 3.33. The van der Waals surface area contributed by atoms with Crippen molar-refractivity contribution in [3.8, 4) is 0 Å². The summed E-state index contributed by atoms with van der Waals surface area (Å²) in [5.41, 5.74) is 11.9. The Labute approximate surface area is 82.9 Å². The van der Waals surface area contributed by atoms with Crippen molar-refractivity contribution in [3.05, 3.63) is 12.0 Å². The molecule has 0 radical (unpaired) electrons. The van der Waals surface area contributed by atoms with Crippen molar-refractivity contribution in [1.29, 1.82) is 0 Å². The van der Waals surface area contributed by atoms with E-state index in [9.17, 15) is 0 Å². The maximum absolute atomic E-state index is 5.56. The standard InChI is InChI=1S/C8H15N5O/c1-13(2)8(10)12-7(9)11-6-3-4-14-5-6/h5H,3-4H2,1-2H3,(H4,9,10,11,12). The first kappa shape index (κ1) is 10.4. The van der Waals surface area contributed by atoms with Crippen LogP contribution < -0.4 is 11.5 Å². The van der Waals surface area contributed by atoms with Gasteiger partial charge < -0.3 is 21.1 Å². The van der Waals surface area contributed by atoms with Gasteiger partial charge in [0.15, 0.2) is 5.96 Å².